The first kappa shape index (κ1) is 10.5. The van der Waals surface area contributed by atoms with Crippen LogP contribution in [-0.4, -0.2) is 10.6 Å². The van der Waals surface area contributed by atoms with Crippen LogP contribution in [0.5, 0.6) is 5.75 Å². The van der Waals surface area contributed by atoms with E-state index in [0.717, 1.165) is 24.8 Å². The van der Waals surface area contributed by atoms with Crippen LogP contribution in [0.3, 0.4) is 0 Å². The topological polar surface area (TPSA) is 46.2 Å². The van der Waals surface area contributed by atoms with Crippen LogP contribution in [0.15, 0.2) is 24.3 Å². The van der Waals surface area contributed by atoms with Crippen molar-refractivity contribution in [3.05, 3.63) is 29.8 Å². The number of hydrogen-bond donors (Lipinski definition) is 2. The van der Waals surface area contributed by atoms with Gasteiger partial charge in [0, 0.05) is 5.54 Å². The molecule has 2 heteroatoms. The minimum atomic E-state index is -0.0357. The van der Waals surface area contributed by atoms with Gasteiger partial charge in [-0.1, -0.05) is 31.4 Å². The van der Waals surface area contributed by atoms with E-state index in [1.54, 1.807) is 6.07 Å². The molecule has 0 amide bonds. The third-order valence-corrected chi connectivity index (χ3v) is 3.32. The van der Waals surface area contributed by atoms with E-state index in [1.807, 2.05) is 18.2 Å². The molecule has 0 heterocycles. The van der Waals surface area contributed by atoms with Crippen molar-refractivity contribution >= 4 is 0 Å². The van der Waals surface area contributed by atoms with Gasteiger partial charge in [-0.2, -0.15) is 0 Å². The highest BCUT2D eigenvalue weighted by Crippen LogP contribution is 2.29. The highest BCUT2D eigenvalue weighted by molar-refractivity contribution is 5.28. The van der Waals surface area contributed by atoms with Gasteiger partial charge in [-0.15, -0.1) is 0 Å². The minimum absolute atomic E-state index is 0.0357. The zero-order valence-electron chi connectivity index (χ0n) is 9.08. The summed E-state index contributed by atoms with van der Waals surface area (Å²) >= 11 is 0. The third kappa shape index (κ3) is 2.72. The van der Waals surface area contributed by atoms with E-state index in [4.69, 9.17) is 5.73 Å². The van der Waals surface area contributed by atoms with Crippen LogP contribution in [-0.2, 0) is 6.42 Å². The molecule has 0 saturated heterocycles. The number of phenolic OH excluding ortho intramolecular Hbond substituents is 1. The maximum absolute atomic E-state index is 9.39. The molecular formula is C13H19NO. The lowest BCUT2D eigenvalue weighted by molar-refractivity contribution is 0.294. The highest BCUT2D eigenvalue weighted by atomic mass is 16.3. The average molecular weight is 205 g/mol. The summed E-state index contributed by atoms with van der Waals surface area (Å²) in [5, 5.41) is 9.39. The second-order valence-corrected chi connectivity index (χ2v) is 4.77. The monoisotopic (exact) mass is 205 g/mol. The van der Waals surface area contributed by atoms with E-state index in [0.29, 0.717) is 5.75 Å². The average Bonchev–Trinajstić information content (AvgIpc) is 2.18. The Morgan fingerprint density at radius 2 is 1.93 bits per heavy atom. The zero-order chi connectivity index (χ0) is 10.7. The molecule has 1 aromatic rings. The van der Waals surface area contributed by atoms with Crippen LogP contribution in [0.2, 0.25) is 0 Å². The minimum Gasteiger partial charge on any atom is -0.508 e. The first-order valence-electron chi connectivity index (χ1n) is 5.75. The van der Waals surface area contributed by atoms with Crippen molar-refractivity contribution in [3.63, 3.8) is 0 Å². The normalized spacial score (nSPS) is 20.1. The lowest BCUT2D eigenvalue weighted by Gasteiger charge is -2.33. The Kier molecular flexibility index (Phi) is 2.96. The molecule has 3 N–H and O–H groups in total. The Morgan fingerprint density at radius 1 is 1.20 bits per heavy atom. The summed E-state index contributed by atoms with van der Waals surface area (Å²) in [6.45, 7) is 0. The molecule has 0 bridgehead atoms. The van der Waals surface area contributed by atoms with E-state index < -0.39 is 0 Å². The number of benzene rings is 1. The van der Waals surface area contributed by atoms with Crippen molar-refractivity contribution in [1.29, 1.82) is 0 Å². The van der Waals surface area contributed by atoms with E-state index in [1.165, 1.54) is 19.3 Å². The van der Waals surface area contributed by atoms with Crippen LogP contribution in [0, 0.1) is 0 Å². The van der Waals surface area contributed by atoms with Crippen molar-refractivity contribution in [1.82, 2.24) is 0 Å². The predicted octanol–water partition coefficient (Wildman–Crippen LogP) is 2.60. The first-order chi connectivity index (χ1) is 7.18. The summed E-state index contributed by atoms with van der Waals surface area (Å²) in [6.07, 6.45) is 6.93. The number of aromatic hydroxyl groups is 1. The van der Waals surface area contributed by atoms with E-state index in [-0.39, 0.29) is 5.54 Å². The van der Waals surface area contributed by atoms with Gasteiger partial charge in [0.15, 0.2) is 0 Å². The van der Waals surface area contributed by atoms with Crippen molar-refractivity contribution in [2.45, 2.75) is 44.1 Å². The molecule has 2 nitrogen and oxygen atoms in total. The van der Waals surface area contributed by atoms with Crippen LogP contribution in [0.1, 0.15) is 37.7 Å². The van der Waals surface area contributed by atoms with Crippen LogP contribution < -0.4 is 5.73 Å². The maximum atomic E-state index is 9.39. The fourth-order valence-corrected chi connectivity index (χ4v) is 2.51. The molecule has 0 atom stereocenters. The summed E-state index contributed by atoms with van der Waals surface area (Å²) < 4.78 is 0. The van der Waals surface area contributed by atoms with Crippen molar-refractivity contribution < 1.29 is 5.11 Å². The molecule has 0 unspecified atom stereocenters. The molecule has 82 valence electrons. The molecule has 0 aromatic heterocycles. The number of rotatable bonds is 2. The molecule has 0 aliphatic heterocycles. The Bertz CT molecular complexity index is 329. The second kappa shape index (κ2) is 4.23. The molecule has 2 rings (SSSR count). The van der Waals surface area contributed by atoms with Gasteiger partial charge in [0.25, 0.3) is 0 Å². The van der Waals surface area contributed by atoms with Crippen LogP contribution >= 0.6 is 0 Å². The summed E-state index contributed by atoms with van der Waals surface area (Å²) in [7, 11) is 0. The number of hydrogen-bond acceptors (Lipinski definition) is 2. The highest BCUT2D eigenvalue weighted by Gasteiger charge is 2.27. The molecule has 0 radical (unpaired) electrons. The van der Waals surface area contributed by atoms with Crippen molar-refractivity contribution in [2.24, 2.45) is 5.73 Å². The van der Waals surface area contributed by atoms with Crippen molar-refractivity contribution in [2.75, 3.05) is 0 Å². The Balaban J connectivity index is 2.06. The summed E-state index contributed by atoms with van der Waals surface area (Å²) in [4.78, 5) is 0. The number of phenols is 1. The summed E-state index contributed by atoms with van der Waals surface area (Å²) in [5.74, 6) is 0.340. The third-order valence-electron chi connectivity index (χ3n) is 3.32. The Labute approximate surface area is 91.1 Å². The van der Waals surface area contributed by atoms with E-state index in [9.17, 15) is 5.11 Å². The Morgan fingerprint density at radius 3 is 2.60 bits per heavy atom. The maximum Gasteiger partial charge on any atom is 0.115 e. The quantitative estimate of drug-likeness (QED) is 0.779. The largest absolute Gasteiger partial charge is 0.508 e. The van der Waals surface area contributed by atoms with Gasteiger partial charge in [-0.3, -0.25) is 0 Å². The van der Waals surface area contributed by atoms with Crippen LogP contribution in [0.4, 0.5) is 0 Å². The molecule has 1 fully saturated rings. The van der Waals surface area contributed by atoms with Crippen molar-refractivity contribution in [3.8, 4) is 5.75 Å². The van der Waals surface area contributed by atoms with Gasteiger partial charge in [0.1, 0.15) is 5.75 Å². The zero-order valence-corrected chi connectivity index (χ0v) is 9.08. The van der Waals surface area contributed by atoms with Gasteiger partial charge >= 0.3 is 0 Å². The van der Waals surface area contributed by atoms with Gasteiger partial charge in [-0.05, 0) is 37.0 Å². The molecule has 0 spiro atoms. The van der Waals surface area contributed by atoms with Crippen LogP contribution in [0.25, 0.3) is 0 Å². The smallest absolute Gasteiger partial charge is 0.115 e. The molecule has 1 aromatic carbocycles. The standard InChI is InChI=1S/C13H19NO/c14-13(7-2-1-3-8-13)10-11-5-4-6-12(15)9-11/h4-6,9,15H,1-3,7-8,10,14H2. The first-order valence-corrected chi connectivity index (χ1v) is 5.75. The fraction of sp³-hybridized carbons (Fsp3) is 0.538. The van der Waals surface area contributed by atoms with E-state index >= 15 is 0 Å². The summed E-state index contributed by atoms with van der Waals surface area (Å²) in [6, 6.07) is 7.45. The van der Waals surface area contributed by atoms with Gasteiger partial charge < -0.3 is 10.8 Å². The molecule has 1 aliphatic carbocycles. The fourth-order valence-electron chi connectivity index (χ4n) is 2.51. The lowest BCUT2D eigenvalue weighted by Crippen LogP contribution is -2.43. The summed E-state index contributed by atoms with van der Waals surface area (Å²) in [5.41, 5.74) is 7.48. The SMILES string of the molecule is NC1(Cc2cccc(O)c2)CCCCC1. The van der Waals surface area contributed by atoms with Gasteiger partial charge in [0.05, 0.1) is 0 Å². The molecule has 1 aliphatic rings. The Hall–Kier alpha value is -1.02. The van der Waals surface area contributed by atoms with Gasteiger partial charge in [-0.25, -0.2) is 0 Å². The van der Waals surface area contributed by atoms with E-state index in [2.05, 4.69) is 0 Å². The molecular weight excluding hydrogens is 186 g/mol. The van der Waals surface area contributed by atoms with Gasteiger partial charge in [0.2, 0.25) is 0 Å². The predicted molar refractivity (Wildman–Crippen MR) is 61.8 cm³/mol. The number of nitrogens with two attached hydrogens (primary N) is 1. The second-order valence-electron chi connectivity index (χ2n) is 4.77. The lowest BCUT2D eigenvalue weighted by atomic mass is 9.78. The molecule has 1 saturated carbocycles. The molecule has 15 heavy (non-hydrogen) atoms.